The Hall–Kier alpha value is -3.17. The minimum atomic E-state index is -3.31. The smallest absolute Gasteiger partial charge is 0.300 e. The lowest BCUT2D eigenvalue weighted by atomic mass is 9.83. The van der Waals surface area contributed by atoms with E-state index in [1.807, 2.05) is 68.8 Å². The zero-order valence-electron chi connectivity index (χ0n) is 25.1. The highest BCUT2D eigenvalue weighted by atomic mass is 35.5. The second kappa shape index (κ2) is 13.9. The fourth-order valence-corrected chi connectivity index (χ4v) is 5.78. The van der Waals surface area contributed by atoms with Gasteiger partial charge in [-0.25, -0.2) is 13.4 Å². The fourth-order valence-electron chi connectivity index (χ4n) is 4.24. The predicted molar refractivity (Wildman–Crippen MR) is 171 cm³/mol. The summed E-state index contributed by atoms with van der Waals surface area (Å²) in [6, 6.07) is 20.0. The summed E-state index contributed by atoms with van der Waals surface area (Å²) in [7, 11) is -3.31. The highest BCUT2D eigenvalue weighted by Gasteiger charge is 2.35. The van der Waals surface area contributed by atoms with Crippen LogP contribution in [0.1, 0.15) is 65.5 Å². The summed E-state index contributed by atoms with van der Waals surface area (Å²) in [4.78, 5) is 14.1. The summed E-state index contributed by atoms with van der Waals surface area (Å²) >= 11 is 13.2. The average molecular weight is 634 g/mol. The third-order valence-corrected chi connectivity index (χ3v) is 7.96. The van der Waals surface area contributed by atoms with Crippen LogP contribution in [0.25, 0.3) is 16.8 Å². The number of aliphatic carboxylic acids is 1. The van der Waals surface area contributed by atoms with E-state index in [0.717, 1.165) is 29.3 Å². The summed E-state index contributed by atoms with van der Waals surface area (Å²) in [5, 5.41) is 19.2. The molecule has 0 unspecified atom stereocenters. The molecule has 0 radical (unpaired) electrons. The van der Waals surface area contributed by atoms with Crippen LogP contribution < -0.4 is 0 Å². The van der Waals surface area contributed by atoms with Crippen LogP contribution in [0.4, 0.5) is 0 Å². The Bertz CT molecular complexity index is 1610. The molecule has 7 nitrogen and oxygen atoms in total. The van der Waals surface area contributed by atoms with Crippen molar-refractivity contribution in [3.8, 4) is 16.8 Å². The van der Waals surface area contributed by atoms with Gasteiger partial charge in [0.15, 0.2) is 9.84 Å². The Balaban J connectivity index is 0.000000947. The summed E-state index contributed by atoms with van der Waals surface area (Å²) in [5.41, 5.74) is 1.91. The van der Waals surface area contributed by atoms with Crippen LogP contribution in [0, 0.1) is 0 Å². The number of benzene rings is 3. The Labute approximate surface area is 258 Å². The standard InChI is InChI=1S/C28H28Cl2N2O3S.C2H4O2.C2H6/c1-27(2,25-22(29)10-7-11-23(25)30)26-31-24(28(3,4)33)17-32(26)20-14-12-18(13-15-20)19-8-6-9-21(16-19)36(5,34)35;1-2(3)4;1-2/h6-17,33H,1-5H3;1H3,(H,3,4);1-2H3. The van der Waals surface area contributed by atoms with Gasteiger partial charge in [-0.2, -0.15) is 0 Å². The van der Waals surface area contributed by atoms with Gasteiger partial charge < -0.3 is 14.8 Å². The van der Waals surface area contributed by atoms with Gasteiger partial charge in [-0.3, -0.25) is 4.79 Å². The maximum Gasteiger partial charge on any atom is 0.300 e. The van der Waals surface area contributed by atoms with Crippen LogP contribution in [0.5, 0.6) is 0 Å². The van der Waals surface area contributed by atoms with Crippen molar-refractivity contribution in [1.82, 2.24) is 9.55 Å². The number of carboxylic acid groups (broad SMARTS) is 1. The van der Waals surface area contributed by atoms with E-state index in [9.17, 15) is 13.5 Å². The molecule has 10 heteroatoms. The van der Waals surface area contributed by atoms with E-state index in [1.54, 1.807) is 50.2 Å². The van der Waals surface area contributed by atoms with Crippen LogP contribution in [-0.4, -0.2) is 40.4 Å². The van der Waals surface area contributed by atoms with Crippen LogP contribution in [-0.2, 0) is 25.6 Å². The van der Waals surface area contributed by atoms with Crippen molar-refractivity contribution in [1.29, 1.82) is 0 Å². The Kier molecular flexibility index (Phi) is 11.6. The number of carboxylic acids is 1. The molecular weight excluding hydrogens is 595 g/mol. The number of halogens is 2. The molecule has 0 amide bonds. The first-order chi connectivity index (χ1) is 19.4. The molecule has 3 aromatic carbocycles. The van der Waals surface area contributed by atoms with Gasteiger partial charge in [0.2, 0.25) is 0 Å². The lowest BCUT2D eigenvalue weighted by molar-refractivity contribution is -0.134. The van der Waals surface area contributed by atoms with Crippen molar-refractivity contribution in [3.05, 3.63) is 100 Å². The van der Waals surface area contributed by atoms with Crippen LogP contribution in [0.3, 0.4) is 0 Å². The average Bonchev–Trinajstić information content (AvgIpc) is 3.37. The molecule has 0 atom stereocenters. The molecule has 0 aliphatic heterocycles. The maximum atomic E-state index is 12.0. The number of aliphatic hydroxyl groups is 1. The van der Waals surface area contributed by atoms with E-state index in [-0.39, 0.29) is 4.90 Å². The van der Waals surface area contributed by atoms with Crippen molar-refractivity contribution in [2.45, 2.75) is 64.4 Å². The van der Waals surface area contributed by atoms with Crippen molar-refractivity contribution in [3.63, 3.8) is 0 Å². The number of imidazole rings is 1. The minimum Gasteiger partial charge on any atom is -0.481 e. The van der Waals surface area contributed by atoms with E-state index < -0.39 is 26.8 Å². The number of rotatable bonds is 6. The van der Waals surface area contributed by atoms with Gasteiger partial charge in [0.1, 0.15) is 11.4 Å². The van der Waals surface area contributed by atoms with E-state index in [1.165, 1.54) is 6.26 Å². The van der Waals surface area contributed by atoms with Crippen molar-refractivity contribution < 1.29 is 23.4 Å². The third-order valence-electron chi connectivity index (χ3n) is 6.22. The van der Waals surface area contributed by atoms with Gasteiger partial charge in [-0.15, -0.1) is 0 Å². The number of hydrogen-bond acceptors (Lipinski definition) is 5. The second-order valence-corrected chi connectivity index (χ2v) is 13.3. The van der Waals surface area contributed by atoms with E-state index >= 15 is 0 Å². The molecule has 0 saturated heterocycles. The Morgan fingerprint density at radius 3 is 1.86 bits per heavy atom. The van der Waals surface area contributed by atoms with Gasteiger partial charge >= 0.3 is 0 Å². The number of nitrogens with zero attached hydrogens (tertiary/aromatic N) is 2. The molecule has 0 bridgehead atoms. The predicted octanol–water partition coefficient (Wildman–Crippen LogP) is 7.92. The fraction of sp³-hybridized carbons (Fsp3) is 0.312. The van der Waals surface area contributed by atoms with Crippen molar-refractivity contribution in [2.24, 2.45) is 0 Å². The van der Waals surface area contributed by atoms with Gasteiger partial charge in [0.25, 0.3) is 5.97 Å². The summed E-state index contributed by atoms with van der Waals surface area (Å²) in [6.07, 6.45) is 3.02. The largest absolute Gasteiger partial charge is 0.481 e. The molecule has 2 N–H and O–H groups in total. The zero-order chi connectivity index (χ0) is 32.0. The van der Waals surface area contributed by atoms with E-state index in [2.05, 4.69) is 0 Å². The lowest BCUT2D eigenvalue weighted by Crippen LogP contribution is -2.25. The molecule has 0 spiro atoms. The molecule has 0 aliphatic carbocycles. The summed E-state index contributed by atoms with van der Waals surface area (Å²) in [5.74, 6) is -0.165. The molecule has 226 valence electrons. The first kappa shape index (κ1) is 35.0. The normalized spacial score (nSPS) is 11.6. The molecule has 42 heavy (non-hydrogen) atoms. The van der Waals surface area contributed by atoms with Gasteiger partial charge in [-0.1, -0.05) is 67.4 Å². The quantitative estimate of drug-likeness (QED) is 0.223. The van der Waals surface area contributed by atoms with Crippen LogP contribution in [0.15, 0.2) is 77.8 Å². The topological polar surface area (TPSA) is 109 Å². The highest BCUT2D eigenvalue weighted by molar-refractivity contribution is 7.90. The number of hydrogen-bond donors (Lipinski definition) is 2. The number of sulfone groups is 1. The minimum absolute atomic E-state index is 0.272. The first-order valence-electron chi connectivity index (χ1n) is 13.3. The second-order valence-electron chi connectivity index (χ2n) is 10.5. The highest BCUT2D eigenvalue weighted by Crippen LogP contribution is 2.41. The van der Waals surface area contributed by atoms with Crippen molar-refractivity contribution >= 4 is 39.0 Å². The SMILES string of the molecule is CC.CC(=O)O.CC(C)(O)c1cn(-c2ccc(-c3cccc(S(C)(=O)=O)c3)cc2)c(C(C)(C)c2c(Cl)cccc2Cl)n1. The van der Waals surface area contributed by atoms with Crippen LogP contribution >= 0.6 is 23.2 Å². The van der Waals surface area contributed by atoms with Gasteiger partial charge in [0, 0.05) is 40.7 Å². The number of carbonyl (C=O) groups is 1. The van der Waals surface area contributed by atoms with E-state index in [4.69, 9.17) is 38.1 Å². The molecule has 4 rings (SSSR count). The molecule has 0 saturated carbocycles. The molecule has 1 aromatic heterocycles. The molecule has 0 aliphatic rings. The lowest BCUT2D eigenvalue weighted by Gasteiger charge is -2.28. The van der Waals surface area contributed by atoms with E-state index in [0.29, 0.717) is 21.6 Å². The first-order valence-corrected chi connectivity index (χ1v) is 16.0. The maximum absolute atomic E-state index is 12.0. The zero-order valence-corrected chi connectivity index (χ0v) is 27.4. The third kappa shape index (κ3) is 8.44. The number of aromatic nitrogens is 2. The van der Waals surface area contributed by atoms with Crippen LogP contribution in [0.2, 0.25) is 10.0 Å². The summed E-state index contributed by atoms with van der Waals surface area (Å²) < 4.78 is 25.9. The molecular formula is C32H38Cl2N2O5S. The molecule has 1 heterocycles. The Morgan fingerprint density at radius 2 is 1.38 bits per heavy atom. The monoisotopic (exact) mass is 632 g/mol. The molecule has 4 aromatic rings. The summed E-state index contributed by atoms with van der Waals surface area (Å²) in [6.45, 7) is 12.5. The van der Waals surface area contributed by atoms with Crippen molar-refractivity contribution in [2.75, 3.05) is 6.26 Å². The Morgan fingerprint density at radius 1 is 0.881 bits per heavy atom. The molecule has 0 fully saturated rings. The van der Waals surface area contributed by atoms with Gasteiger partial charge in [-0.05, 0) is 75.2 Å². The van der Waals surface area contributed by atoms with Gasteiger partial charge in [0.05, 0.1) is 16.0 Å².